The lowest BCUT2D eigenvalue weighted by Gasteiger charge is -2.10. The molecule has 1 radical (unpaired) electrons. The smallest absolute Gasteiger partial charge is 0.408 e. The first-order valence-electron chi connectivity index (χ1n) is 5.25. The largest absolute Gasteiger partial charge is 0.445 e. The van der Waals surface area contributed by atoms with Crippen LogP contribution in [0.2, 0.25) is 0 Å². The quantitative estimate of drug-likeness (QED) is 0.755. The van der Waals surface area contributed by atoms with Crippen LogP contribution < -0.4 is 11.1 Å². The Hall–Kier alpha value is -2.37. The Morgan fingerprint density at radius 2 is 2.00 bits per heavy atom. The van der Waals surface area contributed by atoms with Gasteiger partial charge in [-0.1, -0.05) is 30.3 Å². The van der Waals surface area contributed by atoms with E-state index in [2.05, 4.69) is 5.32 Å². The van der Waals surface area contributed by atoms with Crippen LogP contribution >= 0.6 is 0 Å². The number of carbonyl (C=O) groups excluding carboxylic acids is 3. The van der Waals surface area contributed by atoms with Crippen molar-refractivity contribution < 1.29 is 19.1 Å². The van der Waals surface area contributed by atoms with Crippen molar-refractivity contribution in [3.63, 3.8) is 0 Å². The summed E-state index contributed by atoms with van der Waals surface area (Å²) >= 11 is 0. The van der Waals surface area contributed by atoms with E-state index in [1.807, 2.05) is 18.2 Å². The van der Waals surface area contributed by atoms with Crippen LogP contribution in [-0.2, 0) is 20.9 Å². The maximum absolute atomic E-state index is 11.3. The van der Waals surface area contributed by atoms with Crippen LogP contribution in [0, 0.1) is 0 Å². The van der Waals surface area contributed by atoms with Crippen LogP contribution in [0.1, 0.15) is 12.0 Å². The number of hydrogen-bond acceptors (Lipinski definition) is 4. The molecule has 0 spiro atoms. The standard InChI is InChI=1S/C12H13N2O4/c13-11(16)6-10(7-15)14-12(17)18-8-9-4-2-1-3-5-9/h1-5,10H,6,8H2,(H2,13,16)(H,14,17)/t10-/m0/s1. The van der Waals surface area contributed by atoms with Gasteiger partial charge >= 0.3 is 6.09 Å². The number of amides is 2. The van der Waals surface area contributed by atoms with Gasteiger partial charge in [0.15, 0.2) is 0 Å². The van der Waals surface area contributed by atoms with E-state index in [4.69, 9.17) is 10.5 Å². The minimum absolute atomic E-state index is 0.0782. The zero-order valence-electron chi connectivity index (χ0n) is 9.59. The number of carbonyl (C=O) groups is 2. The van der Waals surface area contributed by atoms with E-state index in [0.717, 1.165) is 5.56 Å². The number of nitrogens with one attached hydrogen (secondary N) is 1. The van der Waals surface area contributed by atoms with Crippen LogP contribution in [0.25, 0.3) is 0 Å². The highest BCUT2D eigenvalue weighted by Gasteiger charge is 2.15. The van der Waals surface area contributed by atoms with Gasteiger partial charge in [-0.15, -0.1) is 0 Å². The van der Waals surface area contributed by atoms with E-state index in [9.17, 15) is 14.4 Å². The van der Waals surface area contributed by atoms with Crippen LogP contribution in [0.3, 0.4) is 0 Å². The van der Waals surface area contributed by atoms with Crippen molar-refractivity contribution in [1.29, 1.82) is 0 Å². The number of alkyl carbamates (subject to hydrolysis) is 1. The molecule has 0 aliphatic carbocycles. The Kier molecular flexibility index (Phi) is 5.37. The number of benzene rings is 1. The van der Waals surface area contributed by atoms with E-state index in [1.54, 1.807) is 12.1 Å². The second-order valence-corrected chi connectivity index (χ2v) is 3.55. The maximum Gasteiger partial charge on any atom is 0.408 e. The molecule has 0 aromatic heterocycles. The van der Waals surface area contributed by atoms with Gasteiger partial charge in [0.05, 0.1) is 6.42 Å². The third kappa shape index (κ3) is 5.11. The highest BCUT2D eigenvalue weighted by molar-refractivity contribution is 5.81. The molecule has 6 nitrogen and oxygen atoms in total. The average molecular weight is 249 g/mol. The third-order valence-electron chi connectivity index (χ3n) is 2.05. The molecule has 1 atom stereocenters. The van der Waals surface area contributed by atoms with Crippen LogP contribution in [0.4, 0.5) is 4.79 Å². The van der Waals surface area contributed by atoms with Crippen molar-refractivity contribution in [2.24, 2.45) is 5.73 Å². The lowest BCUT2D eigenvalue weighted by Crippen LogP contribution is -2.39. The highest BCUT2D eigenvalue weighted by atomic mass is 16.5. The number of nitrogens with two attached hydrogens (primary N) is 1. The van der Waals surface area contributed by atoms with Gasteiger partial charge < -0.3 is 15.8 Å². The van der Waals surface area contributed by atoms with Crippen molar-refractivity contribution in [3.05, 3.63) is 35.9 Å². The van der Waals surface area contributed by atoms with E-state index in [1.165, 1.54) is 6.29 Å². The molecule has 0 saturated heterocycles. The topological polar surface area (TPSA) is 98.5 Å². The summed E-state index contributed by atoms with van der Waals surface area (Å²) in [5.74, 6) is -0.702. The molecule has 3 N–H and O–H groups in total. The van der Waals surface area contributed by atoms with E-state index in [-0.39, 0.29) is 13.0 Å². The fraction of sp³-hybridized carbons (Fsp3) is 0.250. The molecule has 0 fully saturated rings. The van der Waals surface area contributed by atoms with Gasteiger partial charge in [-0.2, -0.15) is 0 Å². The minimum Gasteiger partial charge on any atom is -0.445 e. The molecule has 0 saturated carbocycles. The summed E-state index contributed by atoms with van der Waals surface area (Å²) in [7, 11) is 0. The second-order valence-electron chi connectivity index (χ2n) is 3.55. The number of rotatable bonds is 6. The van der Waals surface area contributed by atoms with Crippen molar-refractivity contribution in [1.82, 2.24) is 5.32 Å². The van der Waals surface area contributed by atoms with Gasteiger partial charge in [0.25, 0.3) is 0 Å². The molecule has 0 aliphatic rings. The lowest BCUT2D eigenvalue weighted by atomic mass is 10.2. The van der Waals surface area contributed by atoms with Crippen LogP contribution in [-0.4, -0.2) is 24.3 Å². The zero-order chi connectivity index (χ0) is 13.4. The average Bonchev–Trinajstić information content (AvgIpc) is 2.36. The van der Waals surface area contributed by atoms with Crippen molar-refractivity contribution >= 4 is 18.3 Å². The molecule has 0 heterocycles. The number of ether oxygens (including phenoxy) is 1. The molecule has 1 aromatic rings. The van der Waals surface area contributed by atoms with Gasteiger partial charge in [-0.25, -0.2) is 4.79 Å². The first-order chi connectivity index (χ1) is 8.61. The second kappa shape index (κ2) is 7.05. The summed E-state index contributed by atoms with van der Waals surface area (Å²) in [6.45, 7) is 0.0782. The van der Waals surface area contributed by atoms with Crippen LogP contribution in [0.5, 0.6) is 0 Å². The predicted octanol–water partition coefficient (Wildman–Crippen LogP) is 0.266. The fourth-order valence-corrected chi connectivity index (χ4v) is 1.23. The van der Waals surface area contributed by atoms with Gasteiger partial charge in [-0.05, 0) is 5.56 Å². The minimum atomic E-state index is -1.08. The van der Waals surface area contributed by atoms with E-state index >= 15 is 0 Å². The molecular formula is C12H13N2O4. The number of hydrogen-bond donors (Lipinski definition) is 2. The third-order valence-corrected chi connectivity index (χ3v) is 2.05. The van der Waals surface area contributed by atoms with E-state index < -0.39 is 18.0 Å². The lowest BCUT2D eigenvalue weighted by molar-refractivity contribution is -0.118. The Balaban J connectivity index is 2.37. The summed E-state index contributed by atoms with van der Waals surface area (Å²) in [5.41, 5.74) is 5.71. The Bertz CT molecular complexity index is 419. The van der Waals surface area contributed by atoms with Gasteiger partial charge in [0, 0.05) is 0 Å². The summed E-state index contributed by atoms with van der Waals surface area (Å²) in [6.07, 6.45) is 0.400. The fourth-order valence-electron chi connectivity index (χ4n) is 1.23. The summed E-state index contributed by atoms with van der Waals surface area (Å²) in [6, 6.07) is 7.97. The molecule has 18 heavy (non-hydrogen) atoms. The molecule has 0 aliphatic heterocycles. The Morgan fingerprint density at radius 3 is 2.56 bits per heavy atom. The maximum atomic E-state index is 11.3. The summed E-state index contributed by atoms with van der Waals surface area (Å²) in [4.78, 5) is 32.3. The molecule has 2 amide bonds. The first kappa shape index (κ1) is 13.7. The molecule has 0 unspecified atom stereocenters. The van der Waals surface area contributed by atoms with Gasteiger partial charge in [-0.3, -0.25) is 9.59 Å². The summed E-state index contributed by atoms with van der Waals surface area (Å²) < 4.78 is 4.86. The molecular weight excluding hydrogens is 236 g/mol. The summed E-state index contributed by atoms with van der Waals surface area (Å²) in [5, 5.41) is 2.18. The normalized spacial score (nSPS) is 11.3. The van der Waals surface area contributed by atoms with Crippen LogP contribution in [0.15, 0.2) is 30.3 Å². The molecule has 1 rings (SSSR count). The van der Waals surface area contributed by atoms with Crippen molar-refractivity contribution in [3.8, 4) is 0 Å². The number of primary amides is 1. The highest BCUT2D eigenvalue weighted by Crippen LogP contribution is 2.00. The zero-order valence-corrected chi connectivity index (χ0v) is 9.59. The Labute approximate surface area is 104 Å². The molecule has 0 bridgehead atoms. The van der Waals surface area contributed by atoms with Gasteiger partial charge in [0.1, 0.15) is 12.6 Å². The van der Waals surface area contributed by atoms with Gasteiger partial charge in [0.2, 0.25) is 12.2 Å². The first-order valence-corrected chi connectivity index (χ1v) is 5.25. The molecule has 95 valence electrons. The Morgan fingerprint density at radius 1 is 1.33 bits per heavy atom. The van der Waals surface area contributed by atoms with Crippen molar-refractivity contribution in [2.75, 3.05) is 0 Å². The molecule has 1 aromatic carbocycles. The van der Waals surface area contributed by atoms with Crippen molar-refractivity contribution in [2.45, 2.75) is 19.1 Å². The monoisotopic (exact) mass is 249 g/mol. The molecule has 6 heteroatoms. The SMILES string of the molecule is NC(=O)C[C@@H]([C]=O)NC(=O)OCc1ccccc1. The predicted molar refractivity (Wildman–Crippen MR) is 63.1 cm³/mol. The van der Waals surface area contributed by atoms with E-state index in [0.29, 0.717) is 0 Å².